The number of piperidine rings is 1. The van der Waals surface area contributed by atoms with Crippen LogP contribution in [-0.2, 0) is 4.74 Å². The van der Waals surface area contributed by atoms with Gasteiger partial charge in [-0.2, -0.15) is 5.26 Å². The number of primary amides is 1. The zero-order valence-corrected chi connectivity index (χ0v) is 10.8. The predicted molar refractivity (Wildman–Crippen MR) is 67.7 cm³/mol. The summed E-state index contributed by atoms with van der Waals surface area (Å²) in [5.74, 6) is 0.557. The Balaban J connectivity index is 2.11. The van der Waals surface area contributed by atoms with Crippen molar-refractivity contribution < 1.29 is 9.53 Å². The molecule has 2 N–H and O–H groups in total. The van der Waals surface area contributed by atoms with Gasteiger partial charge in [0.1, 0.15) is 18.0 Å². The second-order valence-corrected chi connectivity index (χ2v) is 4.48. The summed E-state index contributed by atoms with van der Waals surface area (Å²) in [7, 11) is 0. The van der Waals surface area contributed by atoms with Gasteiger partial charge in [-0.15, -0.1) is 0 Å². The van der Waals surface area contributed by atoms with Crippen LogP contribution in [0, 0.1) is 11.3 Å². The maximum atomic E-state index is 10.7. The topological polar surface area (TPSA) is 105 Å². The van der Waals surface area contributed by atoms with Gasteiger partial charge in [-0.25, -0.2) is 14.8 Å². The standard InChI is InChI=1S/C11H12ClN5O2/c12-10-8(4-13)15-5-9(16-10)17-3-1-2-7(6-17)19-11(14)18/h5,7H,1-3,6H2,(H2,14,18)/t7-/m1/s1. The van der Waals surface area contributed by atoms with Gasteiger partial charge in [0.15, 0.2) is 10.8 Å². The predicted octanol–water partition coefficient (Wildman–Crippen LogP) is 1.07. The lowest BCUT2D eigenvalue weighted by Gasteiger charge is -2.32. The summed E-state index contributed by atoms with van der Waals surface area (Å²) in [4.78, 5) is 20.7. The Bertz CT molecular complexity index is 530. The average Bonchev–Trinajstić information content (AvgIpc) is 2.38. The number of aromatic nitrogens is 2. The first-order valence-corrected chi connectivity index (χ1v) is 6.11. The largest absolute Gasteiger partial charge is 0.445 e. The second-order valence-electron chi connectivity index (χ2n) is 4.13. The number of rotatable bonds is 2. The van der Waals surface area contributed by atoms with Gasteiger partial charge in [-0.3, -0.25) is 0 Å². The molecule has 2 rings (SSSR count). The number of amides is 1. The van der Waals surface area contributed by atoms with Crippen molar-refractivity contribution in [2.75, 3.05) is 18.0 Å². The van der Waals surface area contributed by atoms with E-state index in [0.29, 0.717) is 12.4 Å². The first kappa shape index (κ1) is 13.4. The van der Waals surface area contributed by atoms with E-state index >= 15 is 0 Å². The molecule has 7 nitrogen and oxygen atoms in total. The second kappa shape index (κ2) is 5.71. The molecule has 1 fully saturated rings. The van der Waals surface area contributed by atoms with Crippen LogP contribution in [0.5, 0.6) is 0 Å². The Kier molecular flexibility index (Phi) is 4.02. The minimum Gasteiger partial charge on any atom is -0.445 e. The molecule has 19 heavy (non-hydrogen) atoms. The minimum absolute atomic E-state index is 0.0675. The SMILES string of the molecule is N#Cc1ncc(N2CCC[C@@H](OC(N)=O)C2)nc1Cl. The number of carbonyl (C=O) groups is 1. The molecule has 1 saturated heterocycles. The monoisotopic (exact) mass is 281 g/mol. The number of nitriles is 1. The van der Waals surface area contributed by atoms with Crippen molar-refractivity contribution >= 4 is 23.5 Å². The van der Waals surface area contributed by atoms with Gasteiger partial charge in [0.05, 0.1) is 12.7 Å². The fourth-order valence-electron chi connectivity index (χ4n) is 1.99. The number of anilines is 1. The molecule has 1 amide bonds. The number of hydrogen-bond donors (Lipinski definition) is 1. The Morgan fingerprint density at radius 3 is 3.11 bits per heavy atom. The van der Waals surface area contributed by atoms with Crippen LogP contribution >= 0.6 is 11.6 Å². The number of nitrogens with zero attached hydrogens (tertiary/aromatic N) is 4. The van der Waals surface area contributed by atoms with Gasteiger partial charge in [-0.05, 0) is 12.8 Å². The van der Waals surface area contributed by atoms with Gasteiger partial charge in [0.25, 0.3) is 0 Å². The highest BCUT2D eigenvalue weighted by molar-refractivity contribution is 6.30. The Hall–Kier alpha value is -2.07. The van der Waals surface area contributed by atoms with Crippen LogP contribution in [0.2, 0.25) is 5.15 Å². The molecule has 1 aromatic heterocycles. The van der Waals surface area contributed by atoms with Gasteiger partial charge in [0, 0.05) is 6.54 Å². The fraction of sp³-hybridized carbons (Fsp3) is 0.455. The molecule has 0 radical (unpaired) electrons. The minimum atomic E-state index is -0.782. The van der Waals surface area contributed by atoms with Crippen molar-refractivity contribution in [3.63, 3.8) is 0 Å². The third-order valence-electron chi connectivity index (χ3n) is 2.81. The summed E-state index contributed by atoms with van der Waals surface area (Å²) in [6, 6.07) is 1.85. The quantitative estimate of drug-likeness (QED) is 0.869. The number of nitrogens with two attached hydrogens (primary N) is 1. The number of carbonyl (C=O) groups excluding carboxylic acids is 1. The van der Waals surface area contributed by atoms with Crippen LogP contribution in [0.1, 0.15) is 18.5 Å². The Morgan fingerprint density at radius 2 is 2.47 bits per heavy atom. The van der Waals surface area contributed by atoms with E-state index in [-0.39, 0.29) is 17.0 Å². The molecule has 0 saturated carbocycles. The van der Waals surface area contributed by atoms with Crippen molar-refractivity contribution in [2.24, 2.45) is 5.73 Å². The van der Waals surface area contributed by atoms with E-state index in [2.05, 4.69) is 9.97 Å². The molecule has 0 aliphatic carbocycles. The van der Waals surface area contributed by atoms with Gasteiger partial charge >= 0.3 is 6.09 Å². The van der Waals surface area contributed by atoms with Crippen molar-refractivity contribution in [1.29, 1.82) is 5.26 Å². The van der Waals surface area contributed by atoms with E-state index < -0.39 is 6.09 Å². The molecule has 8 heteroatoms. The lowest BCUT2D eigenvalue weighted by atomic mass is 10.1. The molecule has 0 spiro atoms. The highest BCUT2D eigenvalue weighted by atomic mass is 35.5. The van der Waals surface area contributed by atoms with E-state index in [4.69, 9.17) is 27.3 Å². The summed E-state index contributed by atoms with van der Waals surface area (Å²) in [5, 5.41) is 8.81. The lowest BCUT2D eigenvalue weighted by molar-refractivity contribution is 0.0964. The average molecular weight is 282 g/mol. The molecule has 1 aromatic rings. The third-order valence-corrected chi connectivity index (χ3v) is 3.07. The zero-order valence-electron chi connectivity index (χ0n) is 10.0. The number of ether oxygens (including phenoxy) is 1. The van der Waals surface area contributed by atoms with Crippen molar-refractivity contribution in [1.82, 2.24) is 9.97 Å². The summed E-state index contributed by atoms with van der Waals surface area (Å²) in [5.41, 5.74) is 5.09. The Labute approximate surface area is 114 Å². The molecule has 1 atom stereocenters. The molecule has 1 aliphatic rings. The van der Waals surface area contributed by atoms with Crippen LogP contribution in [0.4, 0.5) is 10.6 Å². The highest BCUT2D eigenvalue weighted by Crippen LogP contribution is 2.21. The van der Waals surface area contributed by atoms with E-state index in [1.165, 1.54) is 6.20 Å². The molecular formula is C11H12ClN5O2. The van der Waals surface area contributed by atoms with Crippen molar-refractivity contribution in [3.8, 4) is 6.07 Å². The van der Waals surface area contributed by atoms with Gasteiger partial charge in [-0.1, -0.05) is 11.6 Å². The van der Waals surface area contributed by atoms with Crippen LogP contribution in [0.15, 0.2) is 6.20 Å². The molecule has 1 aliphatic heterocycles. The van der Waals surface area contributed by atoms with Crippen LogP contribution < -0.4 is 10.6 Å². The summed E-state index contributed by atoms with van der Waals surface area (Å²) >= 11 is 5.84. The highest BCUT2D eigenvalue weighted by Gasteiger charge is 2.24. The lowest BCUT2D eigenvalue weighted by Crippen LogP contribution is -2.41. The first-order chi connectivity index (χ1) is 9.10. The van der Waals surface area contributed by atoms with Gasteiger partial charge in [0.2, 0.25) is 0 Å². The van der Waals surface area contributed by atoms with E-state index in [0.717, 1.165) is 19.4 Å². The molecule has 100 valence electrons. The summed E-state index contributed by atoms with van der Waals surface area (Å²) in [6.45, 7) is 1.25. The van der Waals surface area contributed by atoms with Crippen LogP contribution in [0.25, 0.3) is 0 Å². The van der Waals surface area contributed by atoms with Crippen LogP contribution in [-0.4, -0.2) is 35.3 Å². The summed E-state index contributed by atoms with van der Waals surface area (Å²) in [6.07, 6.45) is 2.05. The van der Waals surface area contributed by atoms with Crippen LogP contribution in [0.3, 0.4) is 0 Å². The van der Waals surface area contributed by atoms with Gasteiger partial charge < -0.3 is 15.4 Å². The molecule has 0 unspecified atom stereocenters. The number of halogens is 1. The fourth-order valence-corrected chi connectivity index (χ4v) is 2.17. The first-order valence-electron chi connectivity index (χ1n) is 5.74. The maximum Gasteiger partial charge on any atom is 0.404 e. The molecule has 0 bridgehead atoms. The van der Waals surface area contributed by atoms with Crippen molar-refractivity contribution in [3.05, 3.63) is 17.0 Å². The molecular weight excluding hydrogens is 270 g/mol. The normalized spacial score (nSPS) is 18.7. The maximum absolute atomic E-state index is 10.7. The summed E-state index contributed by atoms with van der Waals surface area (Å²) < 4.78 is 4.98. The Morgan fingerprint density at radius 1 is 1.68 bits per heavy atom. The third kappa shape index (κ3) is 3.23. The smallest absolute Gasteiger partial charge is 0.404 e. The van der Waals surface area contributed by atoms with Crippen molar-refractivity contribution in [2.45, 2.75) is 18.9 Å². The zero-order chi connectivity index (χ0) is 13.8. The van der Waals surface area contributed by atoms with E-state index in [1.807, 2.05) is 11.0 Å². The van der Waals surface area contributed by atoms with E-state index in [9.17, 15) is 4.79 Å². The number of hydrogen-bond acceptors (Lipinski definition) is 6. The molecule has 2 heterocycles. The van der Waals surface area contributed by atoms with E-state index in [1.54, 1.807) is 0 Å². The molecule has 0 aromatic carbocycles.